The quantitative estimate of drug-likeness (QED) is 0.837. The van der Waals surface area contributed by atoms with Crippen LogP contribution in [-0.2, 0) is 0 Å². The van der Waals surface area contributed by atoms with E-state index in [1.165, 1.54) is 6.07 Å². The molecule has 0 aliphatic carbocycles. The van der Waals surface area contributed by atoms with Gasteiger partial charge in [-0.25, -0.2) is 4.39 Å². The van der Waals surface area contributed by atoms with Gasteiger partial charge in [-0.2, -0.15) is 5.26 Å². The van der Waals surface area contributed by atoms with Crippen LogP contribution in [0.25, 0.3) is 0 Å². The Labute approximate surface area is 111 Å². The van der Waals surface area contributed by atoms with Crippen molar-refractivity contribution < 1.29 is 4.39 Å². The fourth-order valence-electron chi connectivity index (χ4n) is 1.88. The van der Waals surface area contributed by atoms with E-state index in [0.29, 0.717) is 16.8 Å². The number of aryl methyl sites for hydroxylation is 1. The van der Waals surface area contributed by atoms with Gasteiger partial charge in [0.15, 0.2) is 0 Å². The number of anilines is 3. The molecule has 0 bridgehead atoms. The van der Waals surface area contributed by atoms with Gasteiger partial charge in [0.2, 0.25) is 0 Å². The van der Waals surface area contributed by atoms with Crippen molar-refractivity contribution in [2.24, 2.45) is 0 Å². The van der Waals surface area contributed by atoms with Gasteiger partial charge in [-0.05, 0) is 48.9 Å². The van der Waals surface area contributed by atoms with Gasteiger partial charge in [-0.1, -0.05) is 0 Å². The van der Waals surface area contributed by atoms with Gasteiger partial charge in [0.05, 0.1) is 23.0 Å². The molecule has 0 atom stereocenters. The second-order valence-corrected chi connectivity index (χ2v) is 4.38. The van der Waals surface area contributed by atoms with Crippen molar-refractivity contribution in [1.82, 2.24) is 0 Å². The van der Waals surface area contributed by atoms with Crippen molar-refractivity contribution in [2.45, 2.75) is 6.92 Å². The van der Waals surface area contributed by atoms with Crippen LogP contribution in [0.2, 0.25) is 0 Å². The standard InChI is InChI=1S/C15H14FN3/c1-10-7-12(4-5-13(10)16)19(2)15-8-11(9-17)3-6-14(15)18/h3-8H,18H2,1-2H3. The Kier molecular flexibility index (Phi) is 3.39. The first-order valence-corrected chi connectivity index (χ1v) is 5.82. The van der Waals surface area contributed by atoms with Gasteiger partial charge < -0.3 is 10.6 Å². The van der Waals surface area contributed by atoms with Gasteiger partial charge in [0, 0.05) is 12.7 Å². The SMILES string of the molecule is Cc1cc(N(C)c2cc(C#N)ccc2N)ccc1F. The Morgan fingerprint density at radius 1 is 1.21 bits per heavy atom. The Balaban J connectivity index is 2.46. The molecule has 0 amide bonds. The molecule has 19 heavy (non-hydrogen) atoms. The van der Waals surface area contributed by atoms with Crippen LogP contribution in [0.1, 0.15) is 11.1 Å². The number of hydrogen-bond donors (Lipinski definition) is 1. The summed E-state index contributed by atoms with van der Waals surface area (Å²) in [6.07, 6.45) is 0. The average molecular weight is 255 g/mol. The summed E-state index contributed by atoms with van der Waals surface area (Å²) >= 11 is 0. The van der Waals surface area contributed by atoms with Gasteiger partial charge in [-0.15, -0.1) is 0 Å². The summed E-state index contributed by atoms with van der Waals surface area (Å²) in [7, 11) is 1.83. The van der Waals surface area contributed by atoms with Crippen LogP contribution in [0, 0.1) is 24.1 Å². The van der Waals surface area contributed by atoms with Crippen molar-refractivity contribution in [3.8, 4) is 6.07 Å². The second-order valence-electron chi connectivity index (χ2n) is 4.38. The first-order valence-electron chi connectivity index (χ1n) is 5.82. The number of nitrogens with two attached hydrogens (primary N) is 1. The van der Waals surface area contributed by atoms with Gasteiger partial charge >= 0.3 is 0 Å². The maximum absolute atomic E-state index is 13.3. The molecule has 96 valence electrons. The predicted octanol–water partition coefficient (Wildman–Crippen LogP) is 3.36. The molecule has 0 aliphatic rings. The third-order valence-corrected chi connectivity index (χ3v) is 3.05. The predicted molar refractivity (Wildman–Crippen MR) is 74.8 cm³/mol. The fraction of sp³-hybridized carbons (Fsp3) is 0.133. The molecule has 2 aromatic carbocycles. The molecule has 0 spiro atoms. The van der Waals surface area contributed by atoms with Crippen LogP contribution in [-0.4, -0.2) is 7.05 Å². The Morgan fingerprint density at radius 2 is 1.95 bits per heavy atom. The monoisotopic (exact) mass is 255 g/mol. The molecule has 0 heterocycles. The molecule has 0 radical (unpaired) electrons. The maximum Gasteiger partial charge on any atom is 0.126 e. The molecule has 0 fully saturated rings. The Bertz CT molecular complexity index is 659. The molecule has 0 unspecified atom stereocenters. The van der Waals surface area contributed by atoms with E-state index in [-0.39, 0.29) is 5.82 Å². The number of nitrogens with zero attached hydrogens (tertiary/aromatic N) is 2. The topological polar surface area (TPSA) is 53.0 Å². The molecular formula is C15H14FN3. The Hall–Kier alpha value is -2.54. The fourth-order valence-corrected chi connectivity index (χ4v) is 1.88. The molecule has 2 N–H and O–H groups in total. The van der Waals surface area contributed by atoms with Gasteiger partial charge in [-0.3, -0.25) is 0 Å². The average Bonchev–Trinajstić information content (AvgIpc) is 2.41. The summed E-state index contributed by atoms with van der Waals surface area (Å²) in [6, 6.07) is 12.0. The lowest BCUT2D eigenvalue weighted by atomic mass is 10.1. The minimum atomic E-state index is -0.240. The van der Waals surface area contributed by atoms with E-state index in [1.54, 1.807) is 37.3 Å². The molecule has 0 saturated heterocycles. The molecule has 2 aromatic rings. The highest BCUT2D eigenvalue weighted by atomic mass is 19.1. The smallest absolute Gasteiger partial charge is 0.126 e. The van der Waals surface area contributed by atoms with E-state index in [2.05, 4.69) is 6.07 Å². The van der Waals surface area contributed by atoms with E-state index in [4.69, 9.17) is 11.0 Å². The summed E-state index contributed by atoms with van der Waals surface area (Å²) in [5.74, 6) is -0.240. The summed E-state index contributed by atoms with van der Waals surface area (Å²) < 4.78 is 13.3. The molecular weight excluding hydrogens is 241 g/mol. The third-order valence-electron chi connectivity index (χ3n) is 3.05. The van der Waals surface area contributed by atoms with E-state index in [9.17, 15) is 4.39 Å². The lowest BCUT2D eigenvalue weighted by molar-refractivity contribution is 0.618. The van der Waals surface area contributed by atoms with E-state index in [0.717, 1.165) is 11.4 Å². The second kappa shape index (κ2) is 4.99. The van der Waals surface area contributed by atoms with Crippen LogP contribution >= 0.6 is 0 Å². The summed E-state index contributed by atoms with van der Waals surface area (Å²) in [5, 5.41) is 8.93. The normalized spacial score (nSPS) is 10.0. The number of rotatable bonds is 2. The summed E-state index contributed by atoms with van der Waals surface area (Å²) in [6.45, 7) is 1.71. The minimum absolute atomic E-state index is 0.240. The van der Waals surface area contributed by atoms with Gasteiger partial charge in [0.1, 0.15) is 5.82 Å². The van der Waals surface area contributed by atoms with Crippen LogP contribution < -0.4 is 10.6 Å². The van der Waals surface area contributed by atoms with Crippen LogP contribution in [0.3, 0.4) is 0 Å². The summed E-state index contributed by atoms with van der Waals surface area (Å²) in [4.78, 5) is 1.84. The van der Waals surface area contributed by atoms with Crippen LogP contribution in [0.4, 0.5) is 21.5 Å². The van der Waals surface area contributed by atoms with Gasteiger partial charge in [0.25, 0.3) is 0 Å². The highest BCUT2D eigenvalue weighted by Crippen LogP contribution is 2.30. The van der Waals surface area contributed by atoms with E-state index < -0.39 is 0 Å². The van der Waals surface area contributed by atoms with Crippen LogP contribution in [0.15, 0.2) is 36.4 Å². The zero-order valence-electron chi connectivity index (χ0n) is 10.8. The van der Waals surface area contributed by atoms with Crippen molar-refractivity contribution in [3.05, 3.63) is 53.3 Å². The molecule has 0 aromatic heterocycles. The highest BCUT2D eigenvalue weighted by Gasteiger charge is 2.10. The number of halogens is 1. The maximum atomic E-state index is 13.3. The van der Waals surface area contributed by atoms with Crippen molar-refractivity contribution >= 4 is 17.1 Å². The first kappa shape index (κ1) is 12.9. The molecule has 0 aliphatic heterocycles. The highest BCUT2D eigenvalue weighted by molar-refractivity contribution is 5.76. The largest absolute Gasteiger partial charge is 0.397 e. The minimum Gasteiger partial charge on any atom is -0.397 e. The lowest BCUT2D eigenvalue weighted by Crippen LogP contribution is -2.12. The number of hydrogen-bond acceptors (Lipinski definition) is 3. The summed E-state index contributed by atoms with van der Waals surface area (Å²) in [5.41, 5.74) is 9.15. The Morgan fingerprint density at radius 3 is 2.58 bits per heavy atom. The molecule has 3 nitrogen and oxygen atoms in total. The number of nitriles is 1. The van der Waals surface area contributed by atoms with Crippen molar-refractivity contribution in [3.63, 3.8) is 0 Å². The molecule has 0 saturated carbocycles. The zero-order valence-corrected chi connectivity index (χ0v) is 10.8. The molecule has 4 heteroatoms. The zero-order chi connectivity index (χ0) is 14.0. The van der Waals surface area contributed by atoms with Crippen molar-refractivity contribution in [1.29, 1.82) is 5.26 Å². The lowest BCUT2D eigenvalue weighted by Gasteiger charge is -2.22. The van der Waals surface area contributed by atoms with Crippen molar-refractivity contribution in [2.75, 3.05) is 17.7 Å². The van der Waals surface area contributed by atoms with E-state index >= 15 is 0 Å². The molecule has 2 rings (SSSR count). The number of nitrogen functional groups attached to an aromatic ring is 1. The first-order chi connectivity index (χ1) is 9.02. The number of benzene rings is 2. The third kappa shape index (κ3) is 2.50. The van der Waals surface area contributed by atoms with Crippen LogP contribution in [0.5, 0.6) is 0 Å². The van der Waals surface area contributed by atoms with E-state index in [1.807, 2.05) is 11.9 Å².